The van der Waals surface area contributed by atoms with E-state index in [0.717, 1.165) is 25.1 Å². The molecule has 0 aromatic heterocycles. The number of nitrogens with one attached hydrogen (secondary N) is 2. The van der Waals surface area contributed by atoms with E-state index in [1.165, 1.54) is 16.0 Å². The molecule has 2 aromatic carbocycles. The summed E-state index contributed by atoms with van der Waals surface area (Å²) in [4.78, 5) is 14.7. The van der Waals surface area contributed by atoms with Crippen LogP contribution in [0.1, 0.15) is 16.7 Å². The molecule has 2 heterocycles. The first-order valence-electron chi connectivity index (χ1n) is 9.53. The molecule has 152 valence electrons. The Bertz CT molecular complexity index is 935. The van der Waals surface area contributed by atoms with E-state index >= 15 is 0 Å². The van der Waals surface area contributed by atoms with Crippen LogP contribution in [0.3, 0.4) is 0 Å². The molecular formula is C22H25N2O4S+. The highest BCUT2D eigenvalue weighted by molar-refractivity contribution is 8.05. The zero-order chi connectivity index (χ0) is 20.4. The first-order chi connectivity index (χ1) is 14.1. The van der Waals surface area contributed by atoms with E-state index in [0.29, 0.717) is 22.2 Å². The molecule has 29 heavy (non-hydrogen) atoms. The number of thioether (sulfide) groups is 1. The van der Waals surface area contributed by atoms with Gasteiger partial charge in [0, 0.05) is 12.0 Å². The van der Waals surface area contributed by atoms with Crippen molar-refractivity contribution in [1.29, 1.82) is 0 Å². The quantitative estimate of drug-likeness (QED) is 0.733. The normalized spacial score (nSPS) is 22.2. The molecule has 1 unspecified atom stereocenters. The number of hydrogen-bond acceptors (Lipinski definition) is 5. The van der Waals surface area contributed by atoms with E-state index in [1.54, 1.807) is 33.1 Å². The summed E-state index contributed by atoms with van der Waals surface area (Å²) in [5.41, 5.74) is 3.63. The lowest BCUT2D eigenvalue weighted by Crippen LogP contribution is -3.16. The monoisotopic (exact) mass is 413 g/mol. The van der Waals surface area contributed by atoms with E-state index in [-0.39, 0.29) is 11.4 Å². The SMILES string of the molecule is COc1cc(/C=C2\S[C@H]([NH+]3CCc4ccccc4C3)NC2=O)cc(OC)c1OC. The number of fused-ring (bicyclic) bond motifs is 1. The lowest BCUT2D eigenvalue weighted by Gasteiger charge is -2.29. The molecule has 2 aromatic rings. The summed E-state index contributed by atoms with van der Waals surface area (Å²) in [5, 5.41) is 3.14. The maximum Gasteiger partial charge on any atom is 0.263 e. The number of quaternary nitrogens is 1. The number of hydrogen-bond donors (Lipinski definition) is 2. The van der Waals surface area contributed by atoms with Gasteiger partial charge in [-0.05, 0) is 41.1 Å². The summed E-state index contributed by atoms with van der Waals surface area (Å²) in [5.74, 6) is 1.63. The first kappa shape index (κ1) is 19.7. The number of amides is 1. The third kappa shape index (κ3) is 3.93. The topological polar surface area (TPSA) is 61.2 Å². The minimum atomic E-state index is -0.0416. The largest absolute Gasteiger partial charge is 0.493 e. The summed E-state index contributed by atoms with van der Waals surface area (Å²) in [6, 6.07) is 12.2. The molecule has 4 rings (SSSR count). The second-order valence-corrected chi connectivity index (χ2v) is 8.19. The van der Waals surface area contributed by atoms with Crippen molar-refractivity contribution < 1.29 is 23.9 Å². The molecule has 0 saturated carbocycles. The van der Waals surface area contributed by atoms with Gasteiger partial charge in [-0.2, -0.15) is 0 Å². The van der Waals surface area contributed by atoms with Gasteiger partial charge in [0.1, 0.15) is 6.54 Å². The van der Waals surface area contributed by atoms with Gasteiger partial charge in [-0.25, -0.2) is 0 Å². The highest BCUT2D eigenvalue weighted by atomic mass is 32.2. The molecule has 1 fully saturated rings. The van der Waals surface area contributed by atoms with E-state index in [1.807, 2.05) is 18.2 Å². The lowest BCUT2D eigenvalue weighted by atomic mass is 10.0. The van der Waals surface area contributed by atoms with Crippen molar-refractivity contribution in [3.8, 4) is 17.2 Å². The van der Waals surface area contributed by atoms with Gasteiger partial charge in [0.2, 0.25) is 11.2 Å². The molecule has 0 spiro atoms. The van der Waals surface area contributed by atoms with Crippen molar-refractivity contribution in [2.24, 2.45) is 0 Å². The summed E-state index contributed by atoms with van der Waals surface area (Å²) < 4.78 is 16.2. The highest BCUT2D eigenvalue weighted by Gasteiger charge is 2.36. The third-order valence-electron chi connectivity index (χ3n) is 5.34. The average Bonchev–Trinajstić information content (AvgIpc) is 3.12. The van der Waals surface area contributed by atoms with Gasteiger partial charge in [-0.3, -0.25) is 10.1 Å². The van der Waals surface area contributed by atoms with Crippen molar-refractivity contribution in [3.63, 3.8) is 0 Å². The first-order valence-corrected chi connectivity index (χ1v) is 10.4. The van der Waals surface area contributed by atoms with Gasteiger partial charge in [0.05, 0.1) is 32.8 Å². The van der Waals surface area contributed by atoms with Crippen LogP contribution in [0.15, 0.2) is 41.3 Å². The number of methoxy groups -OCH3 is 3. The van der Waals surface area contributed by atoms with Gasteiger partial charge < -0.3 is 19.1 Å². The van der Waals surface area contributed by atoms with Gasteiger partial charge >= 0.3 is 0 Å². The molecular weight excluding hydrogens is 388 g/mol. The van der Waals surface area contributed by atoms with Crippen LogP contribution in [0.5, 0.6) is 17.2 Å². The van der Waals surface area contributed by atoms with Crippen molar-refractivity contribution in [2.45, 2.75) is 18.5 Å². The predicted molar refractivity (Wildman–Crippen MR) is 113 cm³/mol. The van der Waals surface area contributed by atoms with E-state index in [2.05, 4.69) is 29.6 Å². The van der Waals surface area contributed by atoms with Gasteiger partial charge in [-0.15, -0.1) is 0 Å². The lowest BCUT2D eigenvalue weighted by molar-refractivity contribution is -0.927. The maximum atomic E-state index is 12.6. The Hall–Kier alpha value is -2.64. The number of ether oxygens (including phenoxy) is 3. The Morgan fingerprint density at radius 3 is 2.41 bits per heavy atom. The second kappa shape index (κ2) is 8.39. The fourth-order valence-electron chi connectivity index (χ4n) is 3.85. The van der Waals surface area contributed by atoms with Crippen LogP contribution in [0.4, 0.5) is 0 Å². The molecule has 0 radical (unpaired) electrons. The van der Waals surface area contributed by atoms with Crippen LogP contribution in [0.2, 0.25) is 0 Å². The Kier molecular flexibility index (Phi) is 5.69. The number of carbonyl (C=O) groups is 1. The number of benzene rings is 2. The summed E-state index contributed by atoms with van der Waals surface area (Å²) in [7, 11) is 4.74. The molecule has 2 atom stereocenters. The highest BCUT2D eigenvalue weighted by Crippen LogP contribution is 2.39. The molecule has 6 nitrogen and oxygen atoms in total. The molecule has 2 N–H and O–H groups in total. The van der Waals surface area contributed by atoms with Crippen LogP contribution in [0.25, 0.3) is 6.08 Å². The van der Waals surface area contributed by atoms with Gasteiger partial charge in [0.25, 0.3) is 5.91 Å². The predicted octanol–water partition coefficient (Wildman–Crippen LogP) is 1.84. The van der Waals surface area contributed by atoms with E-state index in [9.17, 15) is 4.79 Å². The minimum Gasteiger partial charge on any atom is -0.493 e. The fraction of sp³-hybridized carbons (Fsp3) is 0.318. The molecule has 2 aliphatic heterocycles. The Balaban J connectivity index is 1.55. The van der Waals surface area contributed by atoms with Gasteiger partial charge in [0.15, 0.2) is 11.5 Å². The molecule has 0 aliphatic carbocycles. The van der Waals surface area contributed by atoms with E-state index < -0.39 is 0 Å². The van der Waals surface area contributed by atoms with Crippen LogP contribution >= 0.6 is 11.8 Å². The molecule has 0 bridgehead atoms. The summed E-state index contributed by atoms with van der Waals surface area (Å²) >= 11 is 1.58. The minimum absolute atomic E-state index is 0.0177. The van der Waals surface area contributed by atoms with Gasteiger partial charge in [-0.1, -0.05) is 24.3 Å². The van der Waals surface area contributed by atoms with Crippen molar-refractivity contribution >= 4 is 23.7 Å². The second-order valence-electron chi connectivity index (χ2n) is 7.04. The summed E-state index contributed by atoms with van der Waals surface area (Å²) in [6.07, 6.45) is 2.91. The van der Waals surface area contributed by atoms with Crippen molar-refractivity contribution in [2.75, 3.05) is 27.9 Å². The molecule has 7 heteroatoms. The average molecular weight is 414 g/mol. The standard InChI is InChI=1S/C22H24N2O4S/c1-26-17-10-14(11-18(27-2)20(17)28-3)12-19-21(25)23-22(29-19)24-9-8-15-6-4-5-7-16(15)13-24/h4-7,10-12,22H,8-9,13H2,1-3H3,(H,23,25)/p+1/b19-12-/t22-/m0/s1. The van der Waals surface area contributed by atoms with Crippen LogP contribution < -0.4 is 24.4 Å². The van der Waals surface area contributed by atoms with Crippen molar-refractivity contribution in [1.82, 2.24) is 5.32 Å². The zero-order valence-corrected chi connectivity index (χ0v) is 17.6. The fourth-order valence-corrected chi connectivity index (χ4v) is 5.00. The molecule has 1 amide bonds. The van der Waals surface area contributed by atoms with E-state index in [4.69, 9.17) is 14.2 Å². The van der Waals surface area contributed by atoms with Crippen LogP contribution in [0, 0.1) is 0 Å². The molecule has 1 saturated heterocycles. The third-order valence-corrected chi connectivity index (χ3v) is 6.58. The molecule has 2 aliphatic rings. The summed E-state index contributed by atoms with van der Waals surface area (Å²) in [6.45, 7) is 1.93. The number of carbonyl (C=O) groups excluding carboxylic acids is 1. The number of rotatable bonds is 5. The Morgan fingerprint density at radius 1 is 1.07 bits per heavy atom. The van der Waals surface area contributed by atoms with Crippen LogP contribution in [-0.2, 0) is 17.8 Å². The van der Waals surface area contributed by atoms with Crippen molar-refractivity contribution in [3.05, 3.63) is 58.0 Å². The maximum absolute atomic E-state index is 12.6. The van der Waals surface area contributed by atoms with Crippen LogP contribution in [-0.4, -0.2) is 39.3 Å². The Morgan fingerprint density at radius 2 is 1.76 bits per heavy atom. The Labute approximate surface area is 174 Å². The zero-order valence-electron chi connectivity index (χ0n) is 16.8. The smallest absolute Gasteiger partial charge is 0.263 e.